The lowest BCUT2D eigenvalue weighted by Crippen LogP contribution is -2.40. The van der Waals surface area contributed by atoms with Crippen molar-refractivity contribution in [2.45, 2.75) is 77.5 Å². The molecule has 31 heavy (non-hydrogen) atoms. The monoisotopic (exact) mass is 445 g/mol. The lowest BCUT2D eigenvalue weighted by Gasteiger charge is -2.35. The Morgan fingerprint density at radius 2 is 1.77 bits per heavy atom. The Bertz CT molecular complexity index is 1090. The van der Waals surface area contributed by atoms with Gasteiger partial charge in [0, 0.05) is 0 Å². The molecule has 1 N–H and O–H groups in total. The van der Waals surface area contributed by atoms with Crippen molar-refractivity contribution in [3.63, 3.8) is 0 Å². The highest BCUT2D eigenvalue weighted by Crippen LogP contribution is 2.42. The number of sulfonamides is 1. The van der Waals surface area contributed by atoms with E-state index in [9.17, 15) is 13.2 Å². The maximum Gasteiger partial charge on any atom is 0.324 e. The number of esters is 1. The third-order valence-electron chi connectivity index (χ3n) is 5.84. The van der Waals surface area contributed by atoms with Crippen LogP contribution in [0.2, 0.25) is 0 Å². The van der Waals surface area contributed by atoms with E-state index in [0.717, 1.165) is 35.3 Å². The zero-order valence-corrected chi connectivity index (χ0v) is 19.9. The molecule has 1 heterocycles. The number of benzene rings is 2. The maximum absolute atomic E-state index is 13.3. The van der Waals surface area contributed by atoms with Gasteiger partial charge < -0.3 is 9.47 Å². The zero-order chi connectivity index (χ0) is 23.0. The first-order chi connectivity index (χ1) is 14.4. The van der Waals surface area contributed by atoms with E-state index >= 15 is 0 Å². The zero-order valence-electron chi connectivity index (χ0n) is 19.0. The van der Waals surface area contributed by atoms with Crippen LogP contribution in [0.5, 0.6) is 5.75 Å². The molecule has 3 rings (SSSR count). The first kappa shape index (κ1) is 23.3. The molecule has 6 nitrogen and oxygen atoms in total. The van der Waals surface area contributed by atoms with Crippen molar-refractivity contribution in [3.8, 4) is 5.75 Å². The Kier molecular flexibility index (Phi) is 6.48. The van der Waals surface area contributed by atoms with E-state index in [2.05, 4.69) is 4.72 Å². The fourth-order valence-corrected chi connectivity index (χ4v) is 5.71. The Hall–Kier alpha value is -2.38. The maximum atomic E-state index is 13.3. The first-order valence-electron chi connectivity index (χ1n) is 10.5. The minimum Gasteiger partial charge on any atom is -0.487 e. The molecule has 1 unspecified atom stereocenters. The van der Waals surface area contributed by atoms with Gasteiger partial charge in [-0.1, -0.05) is 30.3 Å². The summed E-state index contributed by atoms with van der Waals surface area (Å²) < 4.78 is 40.5. The van der Waals surface area contributed by atoms with E-state index < -0.39 is 22.0 Å². The molecule has 0 aromatic heterocycles. The number of nitrogens with one attached hydrogen (secondary N) is 1. The van der Waals surface area contributed by atoms with Gasteiger partial charge in [-0.05, 0) is 82.2 Å². The first-order valence-corrected chi connectivity index (χ1v) is 12.0. The summed E-state index contributed by atoms with van der Waals surface area (Å²) in [7, 11) is -3.94. The Morgan fingerprint density at radius 3 is 2.42 bits per heavy atom. The largest absolute Gasteiger partial charge is 0.487 e. The Balaban J connectivity index is 1.83. The van der Waals surface area contributed by atoms with E-state index in [4.69, 9.17) is 9.47 Å². The van der Waals surface area contributed by atoms with Crippen LogP contribution in [-0.2, 0) is 32.6 Å². The predicted molar refractivity (Wildman–Crippen MR) is 120 cm³/mol. The van der Waals surface area contributed by atoms with E-state index in [1.54, 1.807) is 13.8 Å². The predicted octanol–water partition coefficient (Wildman–Crippen LogP) is 4.13. The molecule has 1 aliphatic heterocycles. The van der Waals surface area contributed by atoms with Crippen LogP contribution in [0.15, 0.2) is 35.2 Å². The van der Waals surface area contributed by atoms with Crippen LogP contribution in [0.1, 0.15) is 55.0 Å². The van der Waals surface area contributed by atoms with Gasteiger partial charge in [-0.3, -0.25) is 4.79 Å². The van der Waals surface area contributed by atoms with Crippen molar-refractivity contribution in [3.05, 3.63) is 58.1 Å². The summed E-state index contributed by atoms with van der Waals surface area (Å²) in [6.45, 7) is 11.1. The number of rotatable bonds is 6. The van der Waals surface area contributed by atoms with Crippen molar-refractivity contribution in [2.24, 2.45) is 0 Å². The van der Waals surface area contributed by atoms with Crippen molar-refractivity contribution >= 4 is 16.0 Å². The van der Waals surface area contributed by atoms with Crippen molar-refractivity contribution < 1.29 is 22.7 Å². The topological polar surface area (TPSA) is 81.7 Å². The fourth-order valence-electron chi connectivity index (χ4n) is 3.94. The van der Waals surface area contributed by atoms with Crippen molar-refractivity contribution in [1.82, 2.24) is 4.72 Å². The van der Waals surface area contributed by atoms with Gasteiger partial charge in [-0.2, -0.15) is 4.72 Å². The minimum absolute atomic E-state index is 0.0921. The van der Waals surface area contributed by atoms with Crippen molar-refractivity contribution in [1.29, 1.82) is 0 Å². The Morgan fingerprint density at radius 1 is 1.13 bits per heavy atom. The van der Waals surface area contributed by atoms with E-state index in [0.29, 0.717) is 11.1 Å². The fraction of sp³-hybridized carbons (Fsp3) is 0.458. The van der Waals surface area contributed by atoms with Crippen LogP contribution >= 0.6 is 0 Å². The molecule has 7 heteroatoms. The van der Waals surface area contributed by atoms with Crippen LogP contribution < -0.4 is 9.46 Å². The molecule has 2 aromatic carbocycles. The number of carbonyl (C=O) groups is 1. The van der Waals surface area contributed by atoms with E-state index in [1.807, 2.05) is 51.1 Å². The summed E-state index contributed by atoms with van der Waals surface area (Å²) in [6.07, 6.45) is 1.55. The minimum atomic E-state index is -3.94. The third-order valence-corrected chi connectivity index (χ3v) is 7.66. The van der Waals surface area contributed by atoms with Gasteiger partial charge in [-0.25, -0.2) is 8.42 Å². The molecule has 0 spiro atoms. The summed E-state index contributed by atoms with van der Waals surface area (Å²) in [5.41, 5.74) is 3.59. The second kappa shape index (κ2) is 8.63. The lowest BCUT2D eigenvalue weighted by atomic mass is 9.88. The summed E-state index contributed by atoms with van der Waals surface area (Å²) in [5.74, 6) is 0.156. The average Bonchev–Trinajstić information content (AvgIpc) is 2.70. The number of hydrogen-bond donors (Lipinski definition) is 1. The molecule has 0 fully saturated rings. The van der Waals surface area contributed by atoms with Gasteiger partial charge in [0.05, 0.1) is 4.90 Å². The molecule has 1 atom stereocenters. The third kappa shape index (κ3) is 4.93. The van der Waals surface area contributed by atoms with Gasteiger partial charge in [0.2, 0.25) is 10.0 Å². The number of fused-ring (bicyclic) bond motifs is 1. The normalized spacial score (nSPS) is 16.2. The molecule has 0 saturated heterocycles. The van der Waals surface area contributed by atoms with Gasteiger partial charge in [0.1, 0.15) is 24.0 Å². The molecule has 0 radical (unpaired) electrons. The molecule has 168 valence electrons. The number of ether oxygens (including phenoxy) is 2. The molecule has 0 amide bonds. The van der Waals surface area contributed by atoms with E-state index in [-0.39, 0.29) is 17.1 Å². The van der Waals surface area contributed by atoms with Crippen LogP contribution in [0.3, 0.4) is 0 Å². The van der Waals surface area contributed by atoms with Crippen LogP contribution in [0, 0.1) is 20.8 Å². The molecule has 1 aliphatic rings. The highest BCUT2D eigenvalue weighted by molar-refractivity contribution is 7.89. The second-order valence-electron chi connectivity index (χ2n) is 8.81. The van der Waals surface area contributed by atoms with Gasteiger partial charge >= 0.3 is 5.97 Å². The number of hydrogen-bond acceptors (Lipinski definition) is 5. The SMILES string of the molecule is Cc1c(C)c(S(=O)(=O)NC(C)C(=O)OCc2ccccc2)c(C)c2c1OC(C)(C)CC2. The lowest BCUT2D eigenvalue weighted by molar-refractivity contribution is -0.146. The molecule has 0 saturated carbocycles. The molecular weight excluding hydrogens is 414 g/mol. The average molecular weight is 446 g/mol. The summed E-state index contributed by atoms with van der Waals surface area (Å²) in [4.78, 5) is 12.6. The summed E-state index contributed by atoms with van der Waals surface area (Å²) in [6, 6.07) is 8.24. The summed E-state index contributed by atoms with van der Waals surface area (Å²) in [5, 5.41) is 0. The molecule has 2 aromatic rings. The molecule has 0 bridgehead atoms. The standard InChI is InChI=1S/C24H31NO5S/c1-15-16(2)22(17(3)20-12-13-24(5,6)30-21(15)20)31(27,28)25-18(4)23(26)29-14-19-10-8-7-9-11-19/h7-11,18,25H,12-14H2,1-6H3. The van der Waals surface area contributed by atoms with Crippen LogP contribution in [0.4, 0.5) is 0 Å². The van der Waals surface area contributed by atoms with E-state index in [1.165, 1.54) is 6.92 Å². The molecule has 0 aliphatic carbocycles. The number of carbonyl (C=O) groups excluding carboxylic acids is 1. The van der Waals surface area contributed by atoms with Gasteiger partial charge in [0.25, 0.3) is 0 Å². The second-order valence-corrected chi connectivity index (χ2v) is 10.5. The highest BCUT2D eigenvalue weighted by Gasteiger charge is 2.34. The highest BCUT2D eigenvalue weighted by atomic mass is 32.2. The van der Waals surface area contributed by atoms with Gasteiger partial charge in [-0.15, -0.1) is 0 Å². The van der Waals surface area contributed by atoms with Crippen molar-refractivity contribution in [2.75, 3.05) is 0 Å². The van der Waals surface area contributed by atoms with Gasteiger partial charge in [0.15, 0.2) is 0 Å². The van der Waals surface area contributed by atoms with Crippen LogP contribution in [-0.4, -0.2) is 26.0 Å². The quantitative estimate of drug-likeness (QED) is 0.676. The Labute approximate surface area is 185 Å². The van der Waals surface area contributed by atoms with Crippen LogP contribution in [0.25, 0.3) is 0 Å². The summed E-state index contributed by atoms with van der Waals surface area (Å²) >= 11 is 0. The molecular formula is C24H31NO5S. The smallest absolute Gasteiger partial charge is 0.324 e.